The van der Waals surface area contributed by atoms with Gasteiger partial charge in [-0.25, -0.2) is 0 Å². The molecule has 0 aromatic heterocycles. The summed E-state index contributed by atoms with van der Waals surface area (Å²) in [4.78, 5) is 5.38. The topological polar surface area (TPSA) is 6.48 Å². The van der Waals surface area contributed by atoms with E-state index in [1.165, 1.54) is 61.9 Å². The number of nitrogens with zero attached hydrogens (tertiary/aromatic N) is 2. The van der Waals surface area contributed by atoms with Gasteiger partial charge >= 0.3 is 0 Å². The average Bonchev–Trinajstić information content (AvgIpc) is 2.49. The molecule has 2 aliphatic rings. The Labute approximate surface area is 137 Å². The molecule has 0 N–H and O–H groups in total. The summed E-state index contributed by atoms with van der Waals surface area (Å²) < 4.78 is 1.19. The van der Waals surface area contributed by atoms with E-state index < -0.39 is 0 Å². The summed E-state index contributed by atoms with van der Waals surface area (Å²) in [6.07, 6.45) is 5.50. The Kier molecular flexibility index (Phi) is 5.36. The van der Waals surface area contributed by atoms with Crippen LogP contribution in [0.2, 0.25) is 0 Å². The number of rotatable bonds is 3. The Balaban J connectivity index is 1.47. The molecular weight excluding hydrogens is 324 g/mol. The van der Waals surface area contributed by atoms with E-state index in [2.05, 4.69) is 56.9 Å². The molecule has 116 valence electrons. The van der Waals surface area contributed by atoms with E-state index >= 15 is 0 Å². The molecule has 0 spiro atoms. The highest BCUT2D eigenvalue weighted by Gasteiger charge is 2.26. The standard InChI is InChI=1S/C18H27BrN2/c1-15-5-11-21(12-6-15)18-7-9-20(10-8-18)14-16-3-2-4-17(19)13-16/h2-4,13,15,18H,5-12,14H2,1H3. The van der Waals surface area contributed by atoms with E-state index in [0.29, 0.717) is 0 Å². The highest BCUT2D eigenvalue weighted by molar-refractivity contribution is 9.10. The van der Waals surface area contributed by atoms with Gasteiger partial charge in [0, 0.05) is 17.1 Å². The first-order chi connectivity index (χ1) is 10.2. The first kappa shape index (κ1) is 15.5. The summed E-state index contributed by atoms with van der Waals surface area (Å²) in [5.41, 5.74) is 1.43. The van der Waals surface area contributed by atoms with Crippen LogP contribution < -0.4 is 0 Å². The molecule has 0 aliphatic carbocycles. The maximum atomic E-state index is 3.57. The maximum absolute atomic E-state index is 3.57. The SMILES string of the molecule is CC1CCN(C2CCN(Cc3cccc(Br)c3)CC2)CC1. The maximum Gasteiger partial charge on any atom is 0.0234 e. The fourth-order valence-corrected chi connectivity index (χ4v) is 4.18. The van der Waals surface area contributed by atoms with Crippen molar-refractivity contribution in [1.82, 2.24) is 9.80 Å². The summed E-state index contributed by atoms with van der Waals surface area (Å²) in [6.45, 7) is 8.67. The molecule has 21 heavy (non-hydrogen) atoms. The minimum Gasteiger partial charge on any atom is -0.300 e. The lowest BCUT2D eigenvalue weighted by Gasteiger charge is -2.41. The lowest BCUT2D eigenvalue weighted by Crippen LogP contribution is -2.47. The number of likely N-dealkylation sites (tertiary alicyclic amines) is 2. The van der Waals surface area contributed by atoms with Crippen LogP contribution in [0.1, 0.15) is 38.2 Å². The molecule has 1 aromatic rings. The number of hydrogen-bond donors (Lipinski definition) is 0. The first-order valence-electron chi connectivity index (χ1n) is 8.41. The fraction of sp³-hybridized carbons (Fsp3) is 0.667. The van der Waals surface area contributed by atoms with Crippen LogP contribution in [-0.4, -0.2) is 42.0 Å². The zero-order valence-corrected chi connectivity index (χ0v) is 14.7. The van der Waals surface area contributed by atoms with E-state index in [-0.39, 0.29) is 0 Å². The fourth-order valence-electron chi connectivity index (χ4n) is 3.73. The van der Waals surface area contributed by atoms with Gasteiger partial charge in [0.15, 0.2) is 0 Å². The van der Waals surface area contributed by atoms with Crippen molar-refractivity contribution in [3.63, 3.8) is 0 Å². The minimum absolute atomic E-state index is 0.844. The van der Waals surface area contributed by atoms with Crippen LogP contribution in [-0.2, 0) is 6.54 Å². The van der Waals surface area contributed by atoms with Crippen molar-refractivity contribution < 1.29 is 0 Å². The number of halogens is 1. The second-order valence-corrected chi connectivity index (χ2v) is 7.77. The van der Waals surface area contributed by atoms with Crippen molar-refractivity contribution in [1.29, 1.82) is 0 Å². The van der Waals surface area contributed by atoms with Gasteiger partial charge in [0.25, 0.3) is 0 Å². The zero-order valence-electron chi connectivity index (χ0n) is 13.1. The molecule has 0 amide bonds. The Morgan fingerprint density at radius 3 is 2.43 bits per heavy atom. The van der Waals surface area contributed by atoms with E-state index in [0.717, 1.165) is 18.5 Å². The van der Waals surface area contributed by atoms with Crippen molar-refractivity contribution in [2.45, 2.75) is 45.2 Å². The van der Waals surface area contributed by atoms with Gasteiger partial charge in [0.2, 0.25) is 0 Å². The van der Waals surface area contributed by atoms with Crippen LogP contribution in [0.4, 0.5) is 0 Å². The van der Waals surface area contributed by atoms with Crippen LogP contribution >= 0.6 is 15.9 Å². The van der Waals surface area contributed by atoms with Crippen molar-refractivity contribution in [3.8, 4) is 0 Å². The number of piperidine rings is 2. The Hall–Kier alpha value is -0.380. The summed E-state index contributed by atoms with van der Waals surface area (Å²) in [7, 11) is 0. The van der Waals surface area contributed by atoms with Crippen molar-refractivity contribution in [2.75, 3.05) is 26.2 Å². The third-order valence-electron chi connectivity index (χ3n) is 5.19. The Morgan fingerprint density at radius 1 is 1.05 bits per heavy atom. The molecule has 3 heteroatoms. The lowest BCUT2D eigenvalue weighted by molar-refractivity contribution is 0.0779. The molecule has 3 rings (SSSR count). The predicted octanol–water partition coefficient (Wildman–Crippen LogP) is 4.15. The molecule has 0 unspecified atom stereocenters. The monoisotopic (exact) mass is 350 g/mol. The first-order valence-corrected chi connectivity index (χ1v) is 9.21. The van der Waals surface area contributed by atoms with E-state index in [1.54, 1.807) is 0 Å². The summed E-state index contributed by atoms with van der Waals surface area (Å²) >= 11 is 3.57. The summed E-state index contributed by atoms with van der Waals surface area (Å²) in [5.74, 6) is 0.942. The normalized spacial score (nSPS) is 23.5. The van der Waals surface area contributed by atoms with Gasteiger partial charge in [-0.3, -0.25) is 4.90 Å². The van der Waals surface area contributed by atoms with Crippen molar-refractivity contribution in [2.24, 2.45) is 5.92 Å². The van der Waals surface area contributed by atoms with E-state index in [4.69, 9.17) is 0 Å². The highest BCUT2D eigenvalue weighted by Crippen LogP contribution is 2.24. The van der Waals surface area contributed by atoms with Gasteiger partial charge in [-0.15, -0.1) is 0 Å². The van der Waals surface area contributed by atoms with Crippen molar-refractivity contribution in [3.05, 3.63) is 34.3 Å². The summed E-state index contributed by atoms with van der Waals surface area (Å²) in [5, 5.41) is 0. The Bertz CT molecular complexity index is 446. The van der Waals surface area contributed by atoms with Crippen LogP contribution in [0.5, 0.6) is 0 Å². The van der Waals surface area contributed by atoms with E-state index in [1.807, 2.05) is 0 Å². The average molecular weight is 351 g/mol. The van der Waals surface area contributed by atoms with E-state index in [9.17, 15) is 0 Å². The number of benzene rings is 1. The van der Waals surface area contributed by atoms with Gasteiger partial charge in [-0.1, -0.05) is 35.0 Å². The molecule has 1 aromatic carbocycles. The second kappa shape index (κ2) is 7.26. The molecule has 0 bridgehead atoms. The van der Waals surface area contributed by atoms with Crippen LogP contribution in [0.25, 0.3) is 0 Å². The van der Waals surface area contributed by atoms with Gasteiger partial charge in [0.05, 0.1) is 0 Å². The summed E-state index contributed by atoms with van der Waals surface area (Å²) in [6, 6.07) is 9.58. The van der Waals surface area contributed by atoms with Crippen molar-refractivity contribution >= 4 is 15.9 Å². The molecule has 0 radical (unpaired) electrons. The largest absolute Gasteiger partial charge is 0.300 e. The minimum atomic E-state index is 0.844. The second-order valence-electron chi connectivity index (χ2n) is 6.86. The molecule has 2 heterocycles. The van der Waals surface area contributed by atoms with Gasteiger partial charge in [-0.2, -0.15) is 0 Å². The van der Waals surface area contributed by atoms with Gasteiger partial charge in [0.1, 0.15) is 0 Å². The molecule has 2 fully saturated rings. The van der Waals surface area contributed by atoms with Crippen LogP contribution in [0, 0.1) is 5.92 Å². The molecule has 0 atom stereocenters. The molecule has 0 saturated carbocycles. The molecule has 2 saturated heterocycles. The van der Waals surface area contributed by atoms with Gasteiger partial charge < -0.3 is 4.90 Å². The Morgan fingerprint density at radius 2 is 1.76 bits per heavy atom. The predicted molar refractivity (Wildman–Crippen MR) is 92.4 cm³/mol. The number of hydrogen-bond acceptors (Lipinski definition) is 2. The molecule has 2 aliphatic heterocycles. The highest BCUT2D eigenvalue weighted by atomic mass is 79.9. The quantitative estimate of drug-likeness (QED) is 0.807. The lowest BCUT2D eigenvalue weighted by atomic mass is 9.95. The molecule has 2 nitrogen and oxygen atoms in total. The van der Waals surface area contributed by atoms with Crippen LogP contribution in [0.3, 0.4) is 0 Å². The zero-order chi connectivity index (χ0) is 14.7. The molecular formula is C18H27BrN2. The smallest absolute Gasteiger partial charge is 0.0234 e. The van der Waals surface area contributed by atoms with Gasteiger partial charge in [-0.05, 0) is 75.5 Å². The third kappa shape index (κ3) is 4.30. The third-order valence-corrected chi connectivity index (χ3v) is 5.68. The van der Waals surface area contributed by atoms with Crippen LogP contribution in [0.15, 0.2) is 28.7 Å².